The first-order chi connectivity index (χ1) is 9.72. The van der Waals surface area contributed by atoms with Gasteiger partial charge in [0, 0.05) is 6.04 Å². The normalized spacial score (nSPS) is 12.4. The van der Waals surface area contributed by atoms with Gasteiger partial charge in [-0.2, -0.15) is 0 Å². The average molecular weight is 342 g/mol. The SMILES string of the molecule is CCCCCCC(NC)c1ccc(OCCC)c(Br)c1. The van der Waals surface area contributed by atoms with Gasteiger partial charge in [0.25, 0.3) is 0 Å². The van der Waals surface area contributed by atoms with E-state index in [-0.39, 0.29) is 0 Å². The van der Waals surface area contributed by atoms with Crippen LogP contribution >= 0.6 is 15.9 Å². The minimum absolute atomic E-state index is 0.434. The molecule has 0 aliphatic heterocycles. The zero-order valence-electron chi connectivity index (χ0n) is 13.0. The molecule has 0 heterocycles. The van der Waals surface area contributed by atoms with Gasteiger partial charge in [-0.05, 0) is 53.5 Å². The topological polar surface area (TPSA) is 21.3 Å². The summed E-state index contributed by atoms with van der Waals surface area (Å²) >= 11 is 3.62. The van der Waals surface area contributed by atoms with Gasteiger partial charge in [-0.15, -0.1) is 0 Å². The Morgan fingerprint density at radius 3 is 2.55 bits per heavy atom. The first kappa shape index (κ1) is 17.5. The number of benzene rings is 1. The highest BCUT2D eigenvalue weighted by Gasteiger charge is 2.11. The van der Waals surface area contributed by atoms with Gasteiger partial charge in [0.2, 0.25) is 0 Å². The second-order valence-corrected chi connectivity index (χ2v) is 6.08. The monoisotopic (exact) mass is 341 g/mol. The lowest BCUT2D eigenvalue weighted by atomic mass is 10.00. The van der Waals surface area contributed by atoms with Gasteiger partial charge < -0.3 is 10.1 Å². The van der Waals surface area contributed by atoms with Crippen molar-refractivity contribution in [3.63, 3.8) is 0 Å². The molecule has 0 aliphatic carbocycles. The third kappa shape index (κ3) is 5.84. The fraction of sp³-hybridized carbons (Fsp3) is 0.647. The highest BCUT2D eigenvalue weighted by Crippen LogP contribution is 2.30. The maximum Gasteiger partial charge on any atom is 0.133 e. The summed E-state index contributed by atoms with van der Waals surface area (Å²) in [4.78, 5) is 0. The van der Waals surface area contributed by atoms with Gasteiger partial charge >= 0.3 is 0 Å². The van der Waals surface area contributed by atoms with Crippen LogP contribution in [0.15, 0.2) is 22.7 Å². The van der Waals surface area contributed by atoms with Crippen LogP contribution in [0.25, 0.3) is 0 Å². The van der Waals surface area contributed by atoms with E-state index in [4.69, 9.17) is 4.74 Å². The predicted octanol–water partition coefficient (Wildman–Crippen LogP) is 5.47. The van der Waals surface area contributed by atoms with E-state index in [2.05, 4.69) is 53.3 Å². The van der Waals surface area contributed by atoms with Crippen LogP contribution in [0.3, 0.4) is 0 Å². The highest BCUT2D eigenvalue weighted by molar-refractivity contribution is 9.10. The smallest absolute Gasteiger partial charge is 0.133 e. The van der Waals surface area contributed by atoms with Crippen molar-refractivity contribution in [1.29, 1.82) is 0 Å². The molecule has 0 spiro atoms. The third-order valence-electron chi connectivity index (χ3n) is 3.51. The van der Waals surface area contributed by atoms with Crippen molar-refractivity contribution < 1.29 is 4.74 Å². The summed E-state index contributed by atoms with van der Waals surface area (Å²) < 4.78 is 6.75. The summed E-state index contributed by atoms with van der Waals surface area (Å²) in [6.45, 7) is 5.14. The van der Waals surface area contributed by atoms with Crippen LogP contribution in [0.1, 0.15) is 64.0 Å². The molecule has 114 valence electrons. The first-order valence-corrected chi connectivity index (χ1v) is 8.61. The maximum atomic E-state index is 5.70. The lowest BCUT2D eigenvalue weighted by Crippen LogP contribution is -2.16. The number of rotatable bonds is 10. The fourth-order valence-corrected chi connectivity index (χ4v) is 2.83. The Balaban J connectivity index is 2.61. The maximum absolute atomic E-state index is 5.70. The number of unbranched alkanes of at least 4 members (excludes halogenated alkanes) is 3. The van der Waals surface area contributed by atoms with E-state index < -0.39 is 0 Å². The van der Waals surface area contributed by atoms with Gasteiger partial charge in [0.15, 0.2) is 0 Å². The summed E-state index contributed by atoms with van der Waals surface area (Å²) in [6.07, 6.45) is 7.46. The molecule has 0 bridgehead atoms. The average Bonchev–Trinajstić information content (AvgIpc) is 2.46. The van der Waals surface area contributed by atoms with Crippen LogP contribution in [0.2, 0.25) is 0 Å². The molecule has 2 nitrogen and oxygen atoms in total. The molecule has 0 saturated carbocycles. The summed E-state index contributed by atoms with van der Waals surface area (Å²) in [7, 11) is 2.04. The molecule has 0 amide bonds. The molecule has 0 aromatic heterocycles. The molecule has 3 heteroatoms. The number of halogens is 1. The highest BCUT2D eigenvalue weighted by atomic mass is 79.9. The lowest BCUT2D eigenvalue weighted by Gasteiger charge is -2.18. The first-order valence-electron chi connectivity index (χ1n) is 7.82. The molecule has 0 radical (unpaired) electrons. The second kappa shape index (κ2) is 10.2. The quantitative estimate of drug-likeness (QED) is 0.569. The van der Waals surface area contributed by atoms with E-state index in [9.17, 15) is 0 Å². The van der Waals surface area contributed by atoms with E-state index in [0.717, 1.165) is 23.2 Å². The summed E-state index contributed by atoms with van der Waals surface area (Å²) in [5, 5.41) is 3.42. The molecule has 1 atom stereocenters. The van der Waals surface area contributed by atoms with E-state index >= 15 is 0 Å². The van der Waals surface area contributed by atoms with Crippen molar-refractivity contribution in [3.05, 3.63) is 28.2 Å². The van der Waals surface area contributed by atoms with Crippen molar-refractivity contribution in [3.8, 4) is 5.75 Å². The predicted molar refractivity (Wildman–Crippen MR) is 90.5 cm³/mol. The number of hydrogen-bond donors (Lipinski definition) is 1. The largest absolute Gasteiger partial charge is 0.492 e. The van der Waals surface area contributed by atoms with E-state index in [1.165, 1.54) is 37.7 Å². The van der Waals surface area contributed by atoms with E-state index in [1.54, 1.807) is 0 Å². The van der Waals surface area contributed by atoms with Crippen molar-refractivity contribution in [2.24, 2.45) is 0 Å². The van der Waals surface area contributed by atoms with Crippen LogP contribution in [0.4, 0.5) is 0 Å². The second-order valence-electron chi connectivity index (χ2n) is 5.23. The minimum atomic E-state index is 0.434. The Morgan fingerprint density at radius 1 is 1.15 bits per heavy atom. The van der Waals surface area contributed by atoms with Gasteiger partial charge in [-0.3, -0.25) is 0 Å². The van der Waals surface area contributed by atoms with Crippen LogP contribution in [-0.2, 0) is 0 Å². The van der Waals surface area contributed by atoms with Crippen molar-refractivity contribution in [2.45, 2.75) is 58.4 Å². The lowest BCUT2D eigenvalue weighted by molar-refractivity contribution is 0.315. The Bertz CT molecular complexity index is 381. The molecule has 0 aliphatic rings. The summed E-state index contributed by atoms with van der Waals surface area (Å²) in [6, 6.07) is 6.87. The molecule has 1 unspecified atom stereocenters. The summed E-state index contributed by atoms with van der Waals surface area (Å²) in [5.74, 6) is 0.941. The molecule has 1 rings (SSSR count). The van der Waals surface area contributed by atoms with Gasteiger partial charge in [-0.1, -0.05) is 45.6 Å². The van der Waals surface area contributed by atoms with Crippen molar-refractivity contribution >= 4 is 15.9 Å². The zero-order valence-corrected chi connectivity index (χ0v) is 14.6. The zero-order chi connectivity index (χ0) is 14.8. The van der Waals surface area contributed by atoms with Gasteiger partial charge in [0.05, 0.1) is 11.1 Å². The van der Waals surface area contributed by atoms with Crippen molar-refractivity contribution in [2.75, 3.05) is 13.7 Å². The number of hydrogen-bond acceptors (Lipinski definition) is 2. The minimum Gasteiger partial charge on any atom is -0.492 e. The molecule has 0 saturated heterocycles. The number of ether oxygens (including phenoxy) is 1. The van der Waals surface area contributed by atoms with E-state index in [1.807, 2.05) is 7.05 Å². The number of nitrogens with one attached hydrogen (secondary N) is 1. The Hall–Kier alpha value is -0.540. The van der Waals surface area contributed by atoms with Gasteiger partial charge in [0.1, 0.15) is 5.75 Å². The van der Waals surface area contributed by atoms with Gasteiger partial charge in [-0.25, -0.2) is 0 Å². The van der Waals surface area contributed by atoms with Crippen molar-refractivity contribution in [1.82, 2.24) is 5.32 Å². The Labute approximate surface area is 132 Å². The molecule has 1 aromatic rings. The van der Waals surface area contributed by atoms with Crippen LogP contribution < -0.4 is 10.1 Å². The summed E-state index contributed by atoms with van der Waals surface area (Å²) in [5.41, 5.74) is 1.33. The fourth-order valence-electron chi connectivity index (χ4n) is 2.32. The molecular weight excluding hydrogens is 314 g/mol. The van der Waals surface area contributed by atoms with E-state index in [0.29, 0.717) is 6.04 Å². The Morgan fingerprint density at radius 2 is 1.95 bits per heavy atom. The molecular formula is C17H28BrNO. The van der Waals surface area contributed by atoms with Crippen LogP contribution in [0, 0.1) is 0 Å². The molecule has 0 fully saturated rings. The molecule has 20 heavy (non-hydrogen) atoms. The molecule has 1 N–H and O–H groups in total. The molecule has 1 aromatic carbocycles. The standard InChI is InChI=1S/C17H28BrNO/c1-4-6-7-8-9-16(19-3)14-10-11-17(15(18)13-14)20-12-5-2/h10-11,13,16,19H,4-9,12H2,1-3H3. The van der Waals surface area contributed by atoms with Crippen LogP contribution in [-0.4, -0.2) is 13.7 Å². The van der Waals surface area contributed by atoms with Crippen LogP contribution in [0.5, 0.6) is 5.75 Å². The third-order valence-corrected chi connectivity index (χ3v) is 4.13. The Kier molecular flexibility index (Phi) is 8.95.